The van der Waals surface area contributed by atoms with Crippen molar-refractivity contribution in [2.75, 3.05) is 11.8 Å². The number of ether oxygens (including phenoxy) is 1. The van der Waals surface area contributed by atoms with Crippen molar-refractivity contribution in [3.8, 4) is 0 Å². The topological polar surface area (TPSA) is 94.5 Å². The Morgan fingerprint density at radius 1 is 1.22 bits per heavy atom. The van der Waals surface area contributed by atoms with E-state index in [4.69, 9.17) is 0 Å². The van der Waals surface area contributed by atoms with Gasteiger partial charge in [0.2, 0.25) is 0 Å². The number of nitrogens with one attached hydrogen (secondary N) is 1. The van der Waals surface area contributed by atoms with E-state index in [-0.39, 0.29) is 21.0 Å². The Morgan fingerprint density at radius 2 is 1.96 bits per heavy atom. The first-order valence-electron chi connectivity index (χ1n) is 8.21. The van der Waals surface area contributed by atoms with Crippen LogP contribution >= 0.6 is 11.3 Å². The van der Waals surface area contributed by atoms with Gasteiger partial charge in [0.15, 0.2) is 0 Å². The summed E-state index contributed by atoms with van der Waals surface area (Å²) in [4.78, 5) is 23.8. The summed E-state index contributed by atoms with van der Waals surface area (Å²) in [5, 5.41) is 0. The zero-order chi connectivity index (χ0) is 19.6. The molecule has 0 spiro atoms. The number of benzene rings is 2. The number of rotatable bonds is 6. The fraction of sp³-hybridized carbons (Fsp3) is 0.222. The predicted molar refractivity (Wildman–Crippen MR) is 105 cm³/mol. The molecule has 0 aliphatic carbocycles. The van der Waals surface area contributed by atoms with E-state index in [9.17, 15) is 18.0 Å². The van der Waals surface area contributed by atoms with Crippen molar-refractivity contribution >= 4 is 43.2 Å². The first-order valence-corrected chi connectivity index (χ1v) is 10.5. The molecule has 0 unspecified atom stereocenters. The smallest absolute Gasteiger partial charge is 0.339 e. The molecule has 3 rings (SSSR count). The fourth-order valence-electron chi connectivity index (χ4n) is 2.71. The van der Waals surface area contributed by atoms with E-state index in [1.54, 1.807) is 22.8 Å². The zero-order valence-electron chi connectivity index (χ0n) is 14.8. The van der Waals surface area contributed by atoms with Gasteiger partial charge in [-0.3, -0.25) is 14.1 Å². The number of carbonyl (C=O) groups is 1. The maximum atomic E-state index is 12.8. The van der Waals surface area contributed by atoms with Gasteiger partial charge in [0.1, 0.15) is 0 Å². The summed E-state index contributed by atoms with van der Waals surface area (Å²) in [5.74, 6) is -0.640. The minimum atomic E-state index is -3.95. The Morgan fingerprint density at radius 3 is 2.67 bits per heavy atom. The van der Waals surface area contributed by atoms with Gasteiger partial charge in [0.05, 0.1) is 33.5 Å². The minimum Gasteiger partial charge on any atom is -0.465 e. The number of hydrogen-bond acceptors (Lipinski definition) is 6. The SMILES string of the molecule is CCCn1c(=O)sc2cc(S(=O)(=O)Nc3ccccc3C(=O)OC)ccc21. The number of anilines is 1. The van der Waals surface area contributed by atoms with E-state index >= 15 is 0 Å². The van der Waals surface area contributed by atoms with Gasteiger partial charge in [-0.2, -0.15) is 0 Å². The molecule has 7 nitrogen and oxygen atoms in total. The summed E-state index contributed by atoms with van der Waals surface area (Å²) in [7, 11) is -2.72. The summed E-state index contributed by atoms with van der Waals surface area (Å²) < 4.78 is 34.9. The summed E-state index contributed by atoms with van der Waals surface area (Å²) >= 11 is 1.01. The molecule has 1 N–H and O–H groups in total. The lowest BCUT2D eigenvalue weighted by Crippen LogP contribution is -2.16. The molecular weight excluding hydrogens is 388 g/mol. The Labute approximate surface area is 160 Å². The lowest BCUT2D eigenvalue weighted by Gasteiger charge is -2.11. The molecule has 27 heavy (non-hydrogen) atoms. The third kappa shape index (κ3) is 3.74. The van der Waals surface area contributed by atoms with Gasteiger partial charge in [-0.1, -0.05) is 30.4 Å². The molecule has 0 aliphatic heterocycles. The molecule has 1 aromatic heterocycles. The van der Waals surface area contributed by atoms with Crippen LogP contribution in [0.15, 0.2) is 52.2 Å². The predicted octanol–water partition coefficient (Wildman–Crippen LogP) is 3.06. The number of thiazole rings is 1. The molecule has 0 fully saturated rings. The van der Waals surface area contributed by atoms with Crippen LogP contribution in [0.3, 0.4) is 0 Å². The van der Waals surface area contributed by atoms with Gasteiger partial charge in [-0.15, -0.1) is 0 Å². The highest BCUT2D eigenvalue weighted by molar-refractivity contribution is 7.92. The second-order valence-corrected chi connectivity index (χ2v) is 8.47. The minimum absolute atomic E-state index is 0.0135. The maximum Gasteiger partial charge on any atom is 0.339 e. The molecule has 0 aliphatic rings. The quantitative estimate of drug-likeness (QED) is 0.635. The fourth-order valence-corrected chi connectivity index (χ4v) is 4.85. The first-order chi connectivity index (χ1) is 12.9. The number of nitrogens with zero attached hydrogens (tertiary/aromatic N) is 1. The Bertz CT molecular complexity index is 1160. The van der Waals surface area contributed by atoms with Crippen molar-refractivity contribution < 1.29 is 17.9 Å². The number of fused-ring (bicyclic) bond motifs is 1. The third-order valence-electron chi connectivity index (χ3n) is 3.97. The lowest BCUT2D eigenvalue weighted by atomic mass is 10.2. The van der Waals surface area contributed by atoms with Gasteiger partial charge >= 0.3 is 10.8 Å². The Hall–Kier alpha value is -2.65. The number of aromatic nitrogens is 1. The monoisotopic (exact) mass is 406 g/mol. The highest BCUT2D eigenvalue weighted by Crippen LogP contribution is 2.25. The molecule has 0 amide bonds. The van der Waals surface area contributed by atoms with Gasteiger partial charge in [0, 0.05) is 6.54 Å². The number of para-hydroxylation sites is 1. The Balaban J connectivity index is 2.01. The molecule has 1 heterocycles. The first kappa shape index (κ1) is 19.1. The van der Waals surface area contributed by atoms with Crippen molar-refractivity contribution in [3.63, 3.8) is 0 Å². The van der Waals surface area contributed by atoms with E-state index in [0.29, 0.717) is 16.8 Å². The number of hydrogen-bond donors (Lipinski definition) is 1. The van der Waals surface area contributed by atoms with Crippen LogP contribution in [-0.2, 0) is 21.3 Å². The summed E-state index contributed by atoms with van der Waals surface area (Å²) in [6.45, 7) is 2.55. The maximum absolute atomic E-state index is 12.8. The largest absolute Gasteiger partial charge is 0.465 e. The normalized spacial score (nSPS) is 11.5. The highest BCUT2D eigenvalue weighted by Gasteiger charge is 2.20. The number of aryl methyl sites for hydroxylation is 1. The van der Waals surface area contributed by atoms with E-state index in [0.717, 1.165) is 17.8 Å². The van der Waals surface area contributed by atoms with Crippen LogP contribution in [0.4, 0.5) is 5.69 Å². The van der Waals surface area contributed by atoms with Crippen LogP contribution in [0.2, 0.25) is 0 Å². The van der Waals surface area contributed by atoms with Gasteiger partial charge < -0.3 is 4.74 Å². The van der Waals surface area contributed by atoms with Crippen LogP contribution < -0.4 is 9.60 Å². The van der Waals surface area contributed by atoms with Crippen molar-refractivity contribution in [1.82, 2.24) is 4.57 Å². The number of carbonyl (C=O) groups excluding carboxylic acids is 1. The highest BCUT2D eigenvalue weighted by atomic mass is 32.2. The molecule has 142 valence electrons. The average molecular weight is 406 g/mol. The van der Waals surface area contributed by atoms with Crippen LogP contribution in [0.1, 0.15) is 23.7 Å². The standard InChI is InChI=1S/C18H18N2O5S2/c1-3-10-20-15-9-8-12(11-16(15)26-18(20)22)27(23,24)19-14-7-5-4-6-13(14)17(21)25-2/h4-9,11,19H,3,10H2,1-2H3. The summed E-state index contributed by atoms with van der Waals surface area (Å²) in [6.07, 6.45) is 0.803. The molecule has 0 atom stereocenters. The van der Waals surface area contributed by atoms with E-state index in [1.165, 1.54) is 31.4 Å². The molecule has 0 bridgehead atoms. The molecular formula is C18H18N2O5S2. The van der Waals surface area contributed by atoms with Crippen LogP contribution in [0, 0.1) is 0 Å². The number of sulfonamides is 1. The second-order valence-electron chi connectivity index (χ2n) is 5.79. The lowest BCUT2D eigenvalue weighted by molar-refractivity contribution is 0.0602. The Kier molecular flexibility index (Phi) is 5.33. The van der Waals surface area contributed by atoms with Crippen molar-refractivity contribution in [1.29, 1.82) is 0 Å². The molecule has 9 heteroatoms. The molecule has 0 saturated carbocycles. The molecule has 0 saturated heterocycles. The number of esters is 1. The van der Waals surface area contributed by atoms with Crippen LogP contribution in [0.5, 0.6) is 0 Å². The van der Waals surface area contributed by atoms with Gasteiger partial charge in [-0.05, 0) is 36.8 Å². The summed E-state index contributed by atoms with van der Waals surface area (Å²) in [6, 6.07) is 10.7. The number of methoxy groups -OCH3 is 1. The molecule has 3 aromatic rings. The van der Waals surface area contributed by atoms with E-state index in [1.807, 2.05) is 6.92 Å². The van der Waals surface area contributed by atoms with E-state index < -0.39 is 16.0 Å². The van der Waals surface area contributed by atoms with E-state index in [2.05, 4.69) is 9.46 Å². The molecule has 2 aromatic carbocycles. The van der Waals surface area contributed by atoms with Crippen LogP contribution in [0.25, 0.3) is 10.2 Å². The second kappa shape index (κ2) is 7.53. The molecule has 0 radical (unpaired) electrons. The van der Waals surface area contributed by atoms with Gasteiger partial charge in [-0.25, -0.2) is 13.2 Å². The van der Waals surface area contributed by atoms with Crippen LogP contribution in [-0.4, -0.2) is 26.1 Å². The third-order valence-corrected chi connectivity index (χ3v) is 6.28. The zero-order valence-corrected chi connectivity index (χ0v) is 16.4. The van der Waals surface area contributed by atoms with Crippen molar-refractivity contribution in [3.05, 3.63) is 57.7 Å². The average Bonchev–Trinajstić information content (AvgIpc) is 2.96. The summed E-state index contributed by atoms with van der Waals surface area (Å²) in [5.41, 5.74) is 0.949. The van der Waals surface area contributed by atoms with Crippen molar-refractivity contribution in [2.45, 2.75) is 24.8 Å². The van der Waals surface area contributed by atoms with Gasteiger partial charge in [0.25, 0.3) is 10.0 Å². The van der Waals surface area contributed by atoms with Crippen molar-refractivity contribution in [2.24, 2.45) is 0 Å².